The zero-order valence-corrected chi connectivity index (χ0v) is 13.8. The molecule has 1 aliphatic rings. The minimum absolute atomic E-state index is 0.000687. The van der Waals surface area contributed by atoms with E-state index in [4.69, 9.17) is 15.2 Å². The van der Waals surface area contributed by atoms with E-state index in [-0.39, 0.29) is 23.4 Å². The summed E-state index contributed by atoms with van der Waals surface area (Å²) in [5, 5.41) is 4.06. The Labute approximate surface area is 129 Å². The third-order valence-electron chi connectivity index (χ3n) is 4.05. The standard InChI is InChI=1S/C14H23N3O3S/c1-5-19-9-7-8(14(9,3)4)16-12-10(11(15)17-21-12)13(18)20-6-2/h8-9,16H,5-7H2,1-4H3,(H2,15,17). The molecule has 2 unspecified atom stereocenters. The first-order valence-corrected chi connectivity index (χ1v) is 7.99. The van der Waals surface area contributed by atoms with E-state index in [0.717, 1.165) is 6.42 Å². The second kappa shape index (κ2) is 6.19. The number of carbonyl (C=O) groups excluding carboxylic acids is 1. The SMILES string of the molecule is CCOC(=O)c1c(N)nsc1NC1CC(OCC)C1(C)C. The first kappa shape index (κ1) is 16.0. The van der Waals surface area contributed by atoms with Crippen LogP contribution in [0.25, 0.3) is 0 Å². The summed E-state index contributed by atoms with van der Waals surface area (Å²) in [6, 6.07) is 0.224. The highest BCUT2D eigenvalue weighted by Crippen LogP contribution is 2.45. The summed E-state index contributed by atoms with van der Waals surface area (Å²) >= 11 is 1.20. The lowest BCUT2D eigenvalue weighted by Crippen LogP contribution is -2.58. The molecule has 2 atom stereocenters. The van der Waals surface area contributed by atoms with E-state index in [0.29, 0.717) is 23.8 Å². The van der Waals surface area contributed by atoms with Crippen molar-refractivity contribution in [3.8, 4) is 0 Å². The molecule has 0 aromatic carbocycles. The smallest absolute Gasteiger partial charge is 0.344 e. The van der Waals surface area contributed by atoms with E-state index < -0.39 is 5.97 Å². The summed E-state index contributed by atoms with van der Waals surface area (Å²) in [5.74, 6) is -0.204. The molecular weight excluding hydrogens is 290 g/mol. The minimum atomic E-state index is -0.426. The van der Waals surface area contributed by atoms with Crippen LogP contribution in [0.5, 0.6) is 0 Å². The average molecular weight is 313 g/mol. The molecule has 21 heavy (non-hydrogen) atoms. The Morgan fingerprint density at radius 1 is 1.48 bits per heavy atom. The van der Waals surface area contributed by atoms with Crippen LogP contribution >= 0.6 is 11.5 Å². The van der Waals surface area contributed by atoms with Gasteiger partial charge in [0, 0.05) is 18.1 Å². The Morgan fingerprint density at radius 3 is 2.76 bits per heavy atom. The fourth-order valence-corrected chi connectivity index (χ4v) is 3.33. The van der Waals surface area contributed by atoms with E-state index in [9.17, 15) is 4.79 Å². The molecule has 1 saturated carbocycles. The first-order chi connectivity index (χ1) is 9.91. The van der Waals surface area contributed by atoms with Crippen LogP contribution in [0.4, 0.5) is 10.8 Å². The van der Waals surface area contributed by atoms with Crippen molar-refractivity contribution in [2.24, 2.45) is 5.41 Å². The van der Waals surface area contributed by atoms with Crippen molar-refractivity contribution < 1.29 is 14.3 Å². The highest BCUT2D eigenvalue weighted by atomic mass is 32.1. The van der Waals surface area contributed by atoms with Gasteiger partial charge in [0.25, 0.3) is 0 Å². The Bertz CT molecular complexity index is 516. The summed E-state index contributed by atoms with van der Waals surface area (Å²) in [5.41, 5.74) is 6.13. The highest BCUT2D eigenvalue weighted by Gasteiger charge is 2.49. The summed E-state index contributed by atoms with van der Waals surface area (Å²) in [6.45, 7) is 9.10. The summed E-state index contributed by atoms with van der Waals surface area (Å²) in [4.78, 5) is 12.0. The Morgan fingerprint density at radius 2 is 2.19 bits per heavy atom. The van der Waals surface area contributed by atoms with Crippen molar-refractivity contribution in [2.75, 3.05) is 24.3 Å². The van der Waals surface area contributed by atoms with Gasteiger partial charge in [-0.15, -0.1) is 0 Å². The van der Waals surface area contributed by atoms with E-state index in [1.165, 1.54) is 11.5 Å². The van der Waals surface area contributed by atoms with E-state index in [2.05, 4.69) is 23.5 Å². The number of nitrogens with zero attached hydrogens (tertiary/aromatic N) is 1. The van der Waals surface area contributed by atoms with Crippen LogP contribution in [0.2, 0.25) is 0 Å². The van der Waals surface area contributed by atoms with E-state index in [1.807, 2.05) is 6.92 Å². The molecule has 2 rings (SSSR count). The number of carbonyl (C=O) groups is 1. The van der Waals surface area contributed by atoms with Gasteiger partial charge >= 0.3 is 5.97 Å². The van der Waals surface area contributed by atoms with Crippen molar-refractivity contribution in [1.82, 2.24) is 4.37 Å². The molecule has 0 saturated heterocycles. The molecule has 7 heteroatoms. The van der Waals surface area contributed by atoms with Crippen molar-refractivity contribution in [1.29, 1.82) is 0 Å². The number of esters is 1. The maximum absolute atomic E-state index is 12.0. The number of nitrogen functional groups attached to an aromatic ring is 1. The number of nitrogens with two attached hydrogens (primary N) is 1. The third-order valence-corrected chi connectivity index (χ3v) is 4.84. The zero-order valence-electron chi connectivity index (χ0n) is 12.9. The van der Waals surface area contributed by atoms with Gasteiger partial charge in [-0.25, -0.2) is 4.79 Å². The van der Waals surface area contributed by atoms with Crippen LogP contribution in [-0.4, -0.2) is 35.7 Å². The molecule has 3 N–H and O–H groups in total. The average Bonchev–Trinajstić information content (AvgIpc) is 2.79. The number of anilines is 2. The van der Waals surface area contributed by atoms with Crippen LogP contribution in [0.1, 0.15) is 44.5 Å². The number of hydrogen-bond acceptors (Lipinski definition) is 7. The molecule has 1 aromatic heterocycles. The molecule has 0 bridgehead atoms. The second-order valence-electron chi connectivity index (χ2n) is 5.69. The van der Waals surface area contributed by atoms with Crippen LogP contribution in [0.3, 0.4) is 0 Å². The zero-order chi connectivity index (χ0) is 15.6. The van der Waals surface area contributed by atoms with Crippen LogP contribution in [-0.2, 0) is 9.47 Å². The maximum Gasteiger partial charge on any atom is 0.344 e. The van der Waals surface area contributed by atoms with Crippen LogP contribution in [0, 0.1) is 5.41 Å². The molecule has 1 aliphatic carbocycles. The van der Waals surface area contributed by atoms with Crippen molar-refractivity contribution >= 4 is 28.3 Å². The molecule has 118 valence electrons. The quantitative estimate of drug-likeness (QED) is 0.785. The normalized spacial score (nSPS) is 23.4. The molecule has 1 heterocycles. The largest absolute Gasteiger partial charge is 0.462 e. The van der Waals surface area contributed by atoms with E-state index in [1.54, 1.807) is 6.92 Å². The number of hydrogen-bond donors (Lipinski definition) is 2. The number of ether oxygens (including phenoxy) is 2. The minimum Gasteiger partial charge on any atom is -0.462 e. The molecule has 1 fully saturated rings. The lowest BCUT2D eigenvalue weighted by molar-refractivity contribution is -0.0975. The van der Waals surface area contributed by atoms with E-state index >= 15 is 0 Å². The summed E-state index contributed by atoms with van der Waals surface area (Å²) in [6.07, 6.45) is 1.14. The molecule has 0 aliphatic heterocycles. The van der Waals surface area contributed by atoms with Gasteiger partial charge in [-0.3, -0.25) is 0 Å². The topological polar surface area (TPSA) is 86.5 Å². The van der Waals surface area contributed by atoms with Gasteiger partial charge in [0.1, 0.15) is 10.6 Å². The predicted octanol–water partition coefficient (Wildman–Crippen LogP) is 2.52. The molecule has 1 aromatic rings. The second-order valence-corrected chi connectivity index (χ2v) is 6.46. The highest BCUT2D eigenvalue weighted by molar-refractivity contribution is 7.11. The molecule has 6 nitrogen and oxygen atoms in total. The fourth-order valence-electron chi connectivity index (χ4n) is 2.57. The van der Waals surface area contributed by atoms with Gasteiger partial charge in [-0.2, -0.15) is 4.37 Å². The van der Waals surface area contributed by atoms with Gasteiger partial charge in [-0.05, 0) is 31.8 Å². The Hall–Kier alpha value is -1.34. The lowest BCUT2D eigenvalue weighted by atomic mass is 9.64. The van der Waals surface area contributed by atoms with Crippen LogP contribution < -0.4 is 11.1 Å². The van der Waals surface area contributed by atoms with Crippen molar-refractivity contribution in [3.63, 3.8) is 0 Å². The fraction of sp³-hybridized carbons (Fsp3) is 0.714. The molecule has 0 amide bonds. The summed E-state index contributed by atoms with van der Waals surface area (Å²) < 4.78 is 14.8. The van der Waals surface area contributed by atoms with Gasteiger partial charge in [0.05, 0.1) is 12.7 Å². The third kappa shape index (κ3) is 2.98. The van der Waals surface area contributed by atoms with Crippen molar-refractivity contribution in [2.45, 2.75) is 46.3 Å². The molecular formula is C14H23N3O3S. The first-order valence-electron chi connectivity index (χ1n) is 7.22. The monoisotopic (exact) mass is 313 g/mol. The van der Waals surface area contributed by atoms with Gasteiger partial charge in [-0.1, -0.05) is 13.8 Å². The lowest BCUT2D eigenvalue weighted by Gasteiger charge is -2.51. The Balaban J connectivity index is 2.10. The summed E-state index contributed by atoms with van der Waals surface area (Å²) in [7, 11) is 0. The molecule has 0 radical (unpaired) electrons. The van der Waals surface area contributed by atoms with Gasteiger partial charge in [0.15, 0.2) is 5.82 Å². The number of nitrogens with one attached hydrogen (secondary N) is 1. The van der Waals surface area contributed by atoms with Gasteiger partial charge in [0.2, 0.25) is 0 Å². The van der Waals surface area contributed by atoms with Crippen LogP contribution in [0.15, 0.2) is 0 Å². The van der Waals surface area contributed by atoms with Gasteiger partial charge < -0.3 is 20.5 Å². The molecule has 0 spiro atoms. The predicted molar refractivity (Wildman–Crippen MR) is 83.7 cm³/mol. The number of aromatic nitrogens is 1. The maximum atomic E-state index is 12.0. The van der Waals surface area contributed by atoms with Crippen molar-refractivity contribution in [3.05, 3.63) is 5.56 Å². The number of rotatable bonds is 6. The Kier molecular flexibility index (Phi) is 4.73.